The predicted octanol–water partition coefficient (Wildman–Crippen LogP) is 4.35. The summed E-state index contributed by atoms with van der Waals surface area (Å²) in [6, 6.07) is 13.3. The van der Waals surface area contributed by atoms with E-state index in [1.54, 1.807) is 37.3 Å². The molecule has 1 atom stereocenters. The summed E-state index contributed by atoms with van der Waals surface area (Å²) in [6.07, 6.45) is 0. The van der Waals surface area contributed by atoms with Crippen LogP contribution in [0.25, 0.3) is 0 Å². The highest BCUT2D eigenvalue weighted by Gasteiger charge is 2.43. The van der Waals surface area contributed by atoms with E-state index in [0.717, 1.165) is 0 Å². The molecule has 0 bridgehead atoms. The van der Waals surface area contributed by atoms with E-state index in [2.05, 4.69) is 0 Å². The van der Waals surface area contributed by atoms with Gasteiger partial charge in [0.15, 0.2) is 0 Å². The fraction of sp³-hybridized carbons (Fsp3) is 0.176. The van der Waals surface area contributed by atoms with E-state index >= 15 is 0 Å². The monoisotopic (exact) mass is 348 g/mol. The third kappa shape index (κ3) is 2.92. The molecule has 0 saturated carbocycles. The van der Waals surface area contributed by atoms with Crippen molar-refractivity contribution in [2.75, 3.05) is 4.90 Å². The van der Waals surface area contributed by atoms with Crippen molar-refractivity contribution in [3.8, 4) is 0 Å². The Kier molecular flexibility index (Phi) is 4.28. The molecule has 4 nitrogen and oxygen atoms in total. The summed E-state index contributed by atoms with van der Waals surface area (Å²) in [5.41, 5.74) is 1.38. The van der Waals surface area contributed by atoms with Gasteiger partial charge in [0.05, 0.1) is 6.54 Å². The average Bonchev–Trinajstić information content (AvgIpc) is 2.74. The average molecular weight is 349 g/mol. The van der Waals surface area contributed by atoms with Gasteiger partial charge < -0.3 is 0 Å². The van der Waals surface area contributed by atoms with Crippen molar-refractivity contribution in [3.63, 3.8) is 0 Å². The molecule has 118 valence electrons. The third-order valence-electron chi connectivity index (χ3n) is 3.83. The standard InChI is InChI=1S/C17H14Cl2N2O2/c1-11-16(22)20(10-12-7-8-13(18)9-15(12)19)17(23)21(11)14-5-3-2-4-6-14/h2-9,11H,10H2,1H3. The molecule has 1 aliphatic rings. The maximum absolute atomic E-state index is 12.7. The van der Waals surface area contributed by atoms with Gasteiger partial charge in [0.1, 0.15) is 6.04 Å². The van der Waals surface area contributed by atoms with Crippen molar-refractivity contribution in [1.82, 2.24) is 4.90 Å². The zero-order chi connectivity index (χ0) is 16.6. The second kappa shape index (κ2) is 6.22. The van der Waals surface area contributed by atoms with Crippen molar-refractivity contribution in [2.45, 2.75) is 19.5 Å². The number of amides is 3. The molecular formula is C17H14Cl2N2O2. The van der Waals surface area contributed by atoms with Crippen molar-refractivity contribution in [3.05, 3.63) is 64.1 Å². The van der Waals surface area contributed by atoms with Crippen molar-refractivity contribution < 1.29 is 9.59 Å². The smallest absolute Gasteiger partial charge is 0.282 e. The van der Waals surface area contributed by atoms with Gasteiger partial charge in [-0.3, -0.25) is 14.6 Å². The first-order chi connectivity index (χ1) is 11.0. The number of carbonyl (C=O) groups excluding carboxylic acids is 2. The molecule has 0 radical (unpaired) electrons. The number of carbonyl (C=O) groups is 2. The molecular weight excluding hydrogens is 335 g/mol. The summed E-state index contributed by atoms with van der Waals surface area (Å²) in [7, 11) is 0. The molecule has 1 heterocycles. The molecule has 0 aliphatic carbocycles. The van der Waals surface area contributed by atoms with E-state index < -0.39 is 6.04 Å². The van der Waals surface area contributed by atoms with Gasteiger partial charge in [-0.15, -0.1) is 0 Å². The Hall–Kier alpha value is -2.04. The highest BCUT2D eigenvalue weighted by atomic mass is 35.5. The lowest BCUT2D eigenvalue weighted by Gasteiger charge is -2.19. The number of halogens is 2. The van der Waals surface area contributed by atoms with E-state index in [0.29, 0.717) is 21.3 Å². The molecule has 23 heavy (non-hydrogen) atoms. The maximum atomic E-state index is 12.7. The molecule has 0 N–H and O–H groups in total. The molecule has 0 aromatic heterocycles. The lowest BCUT2D eigenvalue weighted by molar-refractivity contribution is -0.127. The van der Waals surface area contributed by atoms with Gasteiger partial charge in [-0.05, 0) is 36.8 Å². The third-order valence-corrected chi connectivity index (χ3v) is 4.41. The largest absolute Gasteiger partial charge is 0.332 e. The van der Waals surface area contributed by atoms with Gasteiger partial charge in [0.2, 0.25) is 0 Å². The molecule has 6 heteroatoms. The minimum atomic E-state index is -0.545. The van der Waals surface area contributed by atoms with Gasteiger partial charge in [-0.2, -0.15) is 0 Å². The topological polar surface area (TPSA) is 40.6 Å². The van der Waals surface area contributed by atoms with Crippen LogP contribution in [0.4, 0.5) is 10.5 Å². The quantitative estimate of drug-likeness (QED) is 0.773. The fourth-order valence-corrected chi connectivity index (χ4v) is 3.08. The lowest BCUT2D eigenvalue weighted by Crippen LogP contribution is -2.33. The first kappa shape index (κ1) is 15.8. The van der Waals surface area contributed by atoms with Gasteiger partial charge in [-0.1, -0.05) is 47.5 Å². The molecule has 1 aliphatic heterocycles. The van der Waals surface area contributed by atoms with Crippen LogP contribution in [-0.4, -0.2) is 22.9 Å². The summed E-state index contributed by atoms with van der Waals surface area (Å²) in [5, 5.41) is 0.945. The molecule has 1 saturated heterocycles. The minimum absolute atomic E-state index is 0.126. The Balaban J connectivity index is 1.89. The number of nitrogens with zero attached hydrogens (tertiary/aromatic N) is 2. The molecule has 1 unspecified atom stereocenters. The minimum Gasteiger partial charge on any atom is -0.282 e. The highest BCUT2D eigenvalue weighted by Crippen LogP contribution is 2.29. The SMILES string of the molecule is CC1C(=O)N(Cc2ccc(Cl)cc2Cl)C(=O)N1c1ccccc1. The van der Waals surface area contributed by atoms with E-state index in [1.165, 1.54) is 9.80 Å². The summed E-state index contributed by atoms with van der Waals surface area (Å²) >= 11 is 12.0. The second-order valence-electron chi connectivity index (χ2n) is 5.32. The number of anilines is 1. The zero-order valence-corrected chi connectivity index (χ0v) is 13.9. The van der Waals surface area contributed by atoms with E-state index in [-0.39, 0.29) is 18.5 Å². The van der Waals surface area contributed by atoms with Gasteiger partial charge in [0, 0.05) is 15.7 Å². The number of urea groups is 1. The van der Waals surface area contributed by atoms with Crippen LogP contribution in [-0.2, 0) is 11.3 Å². The van der Waals surface area contributed by atoms with Crippen molar-refractivity contribution in [2.24, 2.45) is 0 Å². The summed E-state index contributed by atoms with van der Waals surface area (Å²) in [4.78, 5) is 27.9. The van der Waals surface area contributed by atoms with E-state index in [4.69, 9.17) is 23.2 Å². The van der Waals surface area contributed by atoms with Crippen LogP contribution in [0, 0.1) is 0 Å². The van der Waals surface area contributed by atoms with Crippen LogP contribution >= 0.6 is 23.2 Å². The molecule has 2 aromatic carbocycles. The summed E-state index contributed by atoms with van der Waals surface area (Å²) in [5.74, 6) is -0.245. The molecule has 3 amide bonds. The number of para-hydroxylation sites is 1. The summed E-state index contributed by atoms with van der Waals surface area (Å²) in [6.45, 7) is 1.85. The number of hydrogen-bond donors (Lipinski definition) is 0. The predicted molar refractivity (Wildman–Crippen MR) is 90.8 cm³/mol. The normalized spacial score (nSPS) is 18.0. The first-order valence-corrected chi connectivity index (χ1v) is 7.88. The Morgan fingerprint density at radius 2 is 1.74 bits per heavy atom. The zero-order valence-electron chi connectivity index (χ0n) is 12.4. The number of rotatable bonds is 3. The van der Waals surface area contributed by atoms with Crippen LogP contribution in [0.3, 0.4) is 0 Å². The molecule has 0 spiro atoms. The maximum Gasteiger partial charge on any atom is 0.332 e. The van der Waals surface area contributed by atoms with E-state index in [9.17, 15) is 9.59 Å². The number of imide groups is 1. The molecule has 3 rings (SSSR count). The van der Waals surface area contributed by atoms with E-state index in [1.807, 2.05) is 18.2 Å². The van der Waals surface area contributed by atoms with Crippen molar-refractivity contribution in [1.29, 1.82) is 0 Å². The Morgan fingerprint density at radius 3 is 2.39 bits per heavy atom. The Labute approximate surface area is 144 Å². The van der Waals surface area contributed by atoms with Gasteiger partial charge >= 0.3 is 6.03 Å². The van der Waals surface area contributed by atoms with Crippen molar-refractivity contribution >= 4 is 40.8 Å². The second-order valence-corrected chi connectivity index (χ2v) is 6.17. The first-order valence-electron chi connectivity index (χ1n) is 7.12. The van der Waals surface area contributed by atoms with Crippen LogP contribution in [0.15, 0.2) is 48.5 Å². The molecule has 1 fully saturated rings. The van der Waals surface area contributed by atoms with Crippen LogP contribution in [0.2, 0.25) is 10.0 Å². The van der Waals surface area contributed by atoms with Crippen LogP contribution < -0.4 is 4.90 Å². The number of benzene rings is 2. The Bertz CT molecular complexity index is 764. The number of hydrogen-bond acceptors (Lipinski definition) is 2. The fourth-order valence-electron chi connectivity index (χ4n) is 2.61. The summed E-state index contributed by atoms with van der Waals surface area (Å²) < 4.78 is 0. The lowest BCUT2D eigenvalue weighted by atomic mass is 10.2. The highest BCUT2D eigenvalue weighted by molar-refractivity contribution is 6.35. The van der Waals surface area contributed by atoms with Gasteiger partial charge in [0.25, 0.3) is 5.91 Å². The molecule has 2 aromatic rings. The Morgan fingerprint density at radius 1 is 1.04 bits per heavy atom. The van der Waals surface area contributed by atoms with Crippen LogP contribution in [0.5, 0.6) is 0 Å². The van der Waals surface area contributed by atoms with Gasteiger partial charge in [-0.25, -0.2) is 4.79 Å². The van der Waals surface area contributed by atoms with Crippen LogP contribution in [0.1, 0.15) is 12.5 Å².